The lowest BCUT2D eigenvalue weighted by Crippen LogP contribution is -2.25. The first-order valence-electron chi connectivity index (χ1n) is 11.3. The van der Waals surface area contributed by atoms with Gasteiger partial charge in [0.1, 0.15) is 11.6 Å². The number of benzene rings is 1. The fourth-order valence-corrected chi connectivity index (χ4v) is 4.56. The fourth-order valence-electron chi connectivity index (χ4n) is 4.56. The average Bonchev–Trinajstić information content (AvgIpc) is 3.46. The maximum absolute atomic E-state index is 12.6. The van der Waals surface area contributed by atoms with E-state index in [0.717, 1.165) is 47.9 Å². The molecule has 1 aromatic carbocycles. The Morgan fingerprint density at radius 3 is 2.47 bits per heavy atom. The summed E-state index contributed by atoms with van der Waals surface area (Å²) in [6, 6.07) is 11.9. The second kappa shape index (κ2) is 8.61. The van der Waals surface area contributed by atoms with Gasteiger partial charge in [-0.15, -0.1) is 10.2 Å². The molecule has 8 heteroatoms. The van der Waals surface area contributed by atoms with E-state index in [1.165, 1.54) is 12.8 Å². The number of fused-ring (bicyclic) bond motifs is 1. The van der Waals surface area contributed by atoms with Crippen molar-refractivity contribution in [3.8, 4) is 11.6 Å². The quantitative estimate of drug-likeness (QED) is 0.637. The Morgan fingerprint density at radius 2 is 1.78 bits per heavy atom. The third-order valence-electron chi connectivity index (χ3n) is 6.14. The first-order chi connectivity index (χ1) is 15.6. The van der Waals surface area contributed by atoms with E-state index in [1.807, 2.05) is 43.3 Å². The van der Waals surface area contributed by atoms with Crippen LogP contribution in [0.3, 0.4) is 0 Å². The molecule has 0 radical (unpaired) electrons. The molecule has 32 heavy (non-hydrogen) atoms. The predicted octanol–water partition coefficient (Wildman–Crippen LogP) is 3.83. The van der Waals surface area contributed by atoms with Gasteiger partial charge in [-0.05, 0) is 56.0 Å². The zero-order valence-electron chi connectivity index (χ0n) is 18.5. The van der Waals surface area contributed by atoms with Crippen LogP contribution in [0.2, 0.25) is 0 Å². The predicted molar refractivity (Wildman–Crippen MR) is 123 cm³/mol. The molecule has 1 fully saturated rings. The van der Waals surface area contributed by atoms with Gasteiger partial charge in [0.05, 0.1) is 12.3 Å². The van der Waals surface area contributed by atoms with Crippen LogP contribution >= 0.6 is 0 Å². The highest BCUT2D eigenvalue weighted by Crippen LogP contribution is 2.40. The van der Waals surface area contributed by atoms with E-state index in [0.29, 0.717) is 24.7 Å². The highest BCUT2D eigenvalue weighted by molar-refractivity contribution is 5.95. The largest absolute Gasteiger partial charge is 0.494 e. The van der Waals surface area contributed by atoms with E-state index in [9.17, 15) is 4.79 Å². The van der Waals surface area contributed by atoms with Gasteiger partial charge in [-0.1, -0.05) is 19.1 Å². The van der Waals surface area contributed by atoms with Crippen LogP contribution in [0, 0.1) is 6.92 Å². The second-order valence-electron chi connectivity index (χ2n) is 8.43. The van der Waals surface area contributed by atoms with E-state index >= 15 is 0 Å². The van der Waals surface area contributed by atoms with E-state index < -0.39 is 0 Å². The van der Waals surface area contributed by atoms with Crippen molar-refractivity contribution in [3.63, 3.8) is 0 Å². The molecule has 2 aromatic heterocycles. The minimum Gasteiger partial charge on any atom is -0.494 e. The van der Waals surface area contributed by atoms with Crippen LogP contribution in [-0.4, -0.2) is 45.6 Å². The van der Waals surface area contributed by atoms with Gasteiger partial charge >= 0.3 is 0 Å². The summed E-state index contributed by atoms with van der Waals surface area (Å²) >= 11 is 0. The van der Waals surface area contributed by atoms with Gasteiger partial charge in [0.2, 0.25) is 5.91 Å². The number of amides is 1. The third-order valence-corrected chi connectivity index (χ3v) is 6.14. The van der Waals surface area contributed by atoms with E-state index in [2.05, 4.69) is 27.3 Å². The molecule has 1 N–H and O–H groups in total. The van der Waals surface area contributed by atoms with Gasteiger partial charge in [-0.2, -0.15) is 9.78 Å². The molecule has 2 aliphatic rings. The summed E-state index contributed by atoms with van der Waals surface area (Å²) in [4.78, 5) is 14.9. The number of anilines is 2. The van der Waals surface area contributed by atoms with Crippen molar-refractivity contribution in [2.75, 3.05) is 29.9 Å². The van der Waals surface area contributed by atoms with Gasteiger partial charge in [-0.25, -0.2) is 0 Å². The normalized spacial score (nSPS) is 17.9. The molecule has 1 atom stereocenters. The van der Waals surface area contributed by atoms with Gasteiger partial charge in [0.15, 0.2) is 11.6 Å². The van der Waals surface area contributed by atoms with E-state index in [-0.39, 0.29) is 11.8 Å². The smallest absolute Gasteiger partial charge is 0.226 e. The number of rotatable bonds is 6. The molecular formula is C24H28N6O2. The maximum Gasteiger partial charge on any atom is 0.226 e. The Balaban J connectivity index is 1.46. The van der Waals surface area contributed by atoms with Crippen LogP contribution in [0.25, 0.3) is 5.82 Å². The summed E-state index contributed by atoms with van der Waals surface area (Å²) in [6.07, 6.45) is 3.73. The molecule has 4 heterocycles. The SMILES string of the molecule is CCCOc1ccc(C2CC(=O)Nc3c2c(C)nn3-c2ccc(N3CCCC3)nn2)cc1. The Hall–Kier alpha value is -3.42. The number of aromatic nitrogens is 4. The molecular weight excluding hydrogens is 404 g/mol. The number of nitrogens with one attached hydrogen (secondary N) is 1. The van der Waals surface area contributed by atoms with E-state index in [4.69, 9.17) is 9.84 Å². The molecule has 166 valence electrons. The Bertz CT molecular complexity index is 1100. The van der Waals surface area contributed by atoms with Crippen molar-refractivity contribution in [1.29, 1.82) is 0 Å². The summed E-state index contributed by atoms with van der Waals surface area (Å²) in [5, 5.41) is 16.6. The van der Waals surface area contributed by atoms with E-state index in [1.54, 1.807) is 4.68 Å². The lowest BCUT2D eigenvalue weighted by Gasteiger charge is -2.24. The molecule has 5 rings (SSSR count). The van der Waals surface area contributed by atoms with Crippen LogP contribution < -0.4 is 15.0 Å². The Kier molecular flexibility index (Phi) is 5.51. The average molecular weight is 433 g/mol. The summed E-state index contributed by atoms with van der Waals surface area (Å²) < 4.78 is 7.41. The summed E-state index contributed by atoms with van der Waals surface area (Å²) in [7, 11) is 0. The molecule has 1 saturated heterocycles. The monoisotopic (exact) mass is 432 g/mol. The zero-order chi connectivity index (χ0) is 22.1. The number of carbonyl (C=O) groups is 1. The molecule has 8 nitrogen and oxygen atoms in total. The highest BCUT2D eigenvalue weighted by Gasteiger charge is 2.33. The van der Waals surface area contributed by atoms with Crippen LogP contribution in [0.5, 0.6) is 5.75 Å². The molecule has 0 bridgehead atoms. The van der Waals surface area contributed by atoms with Gasteiger partial charge < -0.3 is 15.0 Å². The molecule has 1 unspecified atom stereocenters. The number of hydrogen-bond acceptors (Lipinski definition) is 6. The first kappa shape index (κ1) is 20.5. The van der Waals surface area contributed by atoms with Crippen LogP contribution in [0.4, 0.5) is 11.6 Å². The second-order valence-corrected chi connectivity index (χ2v) is 8.43. The molecule has 2 aliphatic heterocycles. The van der Waals surface area contributed by atoms with Crippen molar-refractivity contribution in [2.24, 2.45) is 0 Å². The van der Waals surface area contributed by atoms with Crippen molar-refractivity contribution in [3.05, 3.63) is 53.2 Å². The maximum atomic E-state index is 12.6. The fraction of sp³-hybridized carbons (Fsp3) is 0.417. The number of aryl methyl sites for hydroxylation is 1. The summed E-state index contributed by atoms with van der Waals surface area (Å²) in [5.74, 6) is 2.91. The molecule has 0 spiro atoms. The lowest BCUT2D eigenvalue weighted by atomic mass is 9.86. The van der Waals surface area contributed by atoms with Crippen molar-refractivity contribution < 1.29 is 9.53 Å². The lowest BCUT2D eigenvalue weighted by molar-refractivity contribution is -0.116. The summed E-state index contributed by atoms with van der Waals surface area (Å²) in [6.45, 7) is 6.79. The molecule has 0 saturated carbocycles. The van der Waals surface area contributed by atoms with Gasteiger partial charge in [0.25, 0.3) is 0 Å². The molecule has 3 aromatic rings. The molecule has 1 amide bonds. The zero-order valence-corrected chi connectivity index (χ0v) is 18.5. The minimum absolute atomic E-state index is 0.0309. The van der Waals surface area contributed by atoms with Crippen molar-refractivity contribution in [2.45, 2.75) is 45.4 Å². The highest BCUT2D eigenvalue weighted by atomic mass is 16.5. The number of carbonyl (C=O) groups excluding carboxylic acids is 1. The topological polar surface area (TPSA) is 85.2 Å². The van der Waals surface area contributed by atoms with Gasteiger partial charge in [0, 0.05) is 31.0 Å². The van der Waals surface area contributed by atoms with Crippen molar-refractivity contribution >= 4 is 17.5 Å². The minimum atomic E-state index is -0.0652. The number of nitrogens with zero attached hydrogens (tertiary/aromatic N) is 5. The van der Waals surface area contributed by atoms with Crippen LogP contribution in [0.1, 0.15) is 55.3 Å². The van der Waals surface area contributed by atoms with Crippen LogP contribution in [-0.2, 0) is 4.79 Å². The Labute approximate surface area is 187 Å². The van der Waals surface area contributed by atoms with Gasteiger partial charge in [-0.3, -0.25) is 4.79 Å². The Morgan fingerprint density at radius 1 is 1.06 bits per heavy atom. The standard InChI is InChI=1S/C24H28N6O2/c1-3-14-32-18-8-6-17(7-9-18)19-15-22(31)25-24-23(19)16(2)28-30(24)21-11-10-20(26-27-21)29-12-4-5-13-29/h6-11,19H,3-5,12-15H2,1-2H3,(H,25,31). The first-order valence-corrected chi connectivity index (χ1v) is 11.3. The molecule has 0 aliphatic carbocycles. The number of hydrogen-bond donors (Lipinski definition) is 1. The summed E-state index contributed by atoms with van der Waals surface area (Å²) in [5.41, 5.74) is 2.97. The third kappa shape index (κ3) is 3.81. The van der Waals surface area contributed by atoms with Crippen molar-refractivity contribution in [1.82, 2.24) is 20.0 Å². The van der Waals surface area contributed by atoms with Crippen LogP contribution in [0.15, 0.2) is 36.4 Å². The number of ether oxygens (including phenoxy) is 1.